The van der Waals surface area contributed by atoms with Gasteiger partial charge in [0.1, 0.15) is 5.52 Å². The molecule has 0 aliphatic carbocycles. The van der Waals surface area contributed by atoms with Crippen molar-refractivity contribution in [2.45, 2.75) is 13.0 Å². The predicted molar refractivity (Wildman–Crippen MR) is 62.4 cm³/mol. The number of hydrogen-bond acceptors (Lipinski definition) is 4. The Hall–Kier alpha value is -2.40. The Morgan fingerprint density at radius 2 is 2.24 bits per heavy atom. The molecule has 0 amide bonds. The summed E-state index contributed by atoms with van der Waals surface area (Å²) >= 11 is 0. The van der Waals surface area contributed by atoms with E-state index in [0.717, 1.165) is 0 Å². The van der Waals surface area contributed by atoms with Gasteiger partial charge in [0.05, 0.1) is 5.39 Å². The molecule has 0 fully saturated rings. The average Bonchev–Trinajstić information content (AvgIpc) is 2.37. The highest BCUT2D eigenvalue weighted by molar-refractivity contribution is 5.76. The quantitative estimate of drug-likeness (QED) is 0.344. The molecule has 0 aliphatic rings. The first-order chi connectivity index (χ1) is 8.33. The van der Waals surface area contributed by atoms with Gasteiger partial charge in [-0.05, 0) is 24.1 Å². The molecule has 2 aromatic rings. The topological polar surface area (TPSA) is 96.5 Å². The summed E-state index contributed by atoms with van der Waals surface area (Å²) in [5.41, 5.74) is 8.54. The molecule has 0 aliphatic heterocycles. The molecule has 0 bridgehead atoms. The highest BCUT2D eigenvalue weighted by Crippen LogP contribution is 2.03. The van der Waals surface area contributed by atoms with Gasteiger partial charge in [-0.2, -0.15) is 0 Å². The van der Waals surface area contributed by atoms with E-state index >= 15 is 0 Å². The van der Waals surface area contributed by atoms with Crippen LogP contribution in [-0.2, 0) is 6.54 Å². The molecule has 86 valence electrons. The molecule has 7 nitrogen and oxygen atoms in total. The minimum atomic E-state index is -0.170. The van der Waals surface area contributed by atoms with E-state index in [1.54, 1.807) is 18.2 Å². The number of aryl methyl sites for hydroxylation is 1. The van der Waals surface area contributed by atoms with Crippen molar-refractivity contribution in [2.24, 2.45) is 5.11 Å². The van der Waals surface area contributed by atoms with Gasteiger partial charge in [-0.25, -0.2) is 4.68 Å². The molecule has 2 rings (SSSR count). The molecule has 0 N–H and O–H groups in total. The van der Waals surface area contributed by atoms with E-state index in [9.17, 15) is 4.79 Å². The van der Waals surface area contributed by atoms with Gasteiger partial charge in [-0.3, -0.25) is 4.79 Å². The van der Waals surface area contributed by atoms with E-state index in [1.165, 1.54) is 4.68 Å². The first-order valence-corrected chi connectivity index (χ1v) is 5.16. The minimum Gasteiger partial charge on any atom is -0.267 e. The number of fused-ring (bicyclic) bond motifs is 1. The first-order valence-electron chi connectivity index (χ1n) is 5.16. The van der Waals surface area contributed by atoms with Gasteiger partial charge in [-0.15, -0.1) is 5.10 Å². The largest absolute Gasteiger partial charge is 0.277 e. The van der Waals surface area contributed by atoms with Gasteiger partial charge in [0.25, 0.3) is 5.56 Å². The Labute approximate surface area is 96.3 Å². The van der Waals surface area contributed by atoms with Crippen molar-refractivity contribution in [3.05, 3.63) is 45.1 Å². The van der Waals surface area contributed by atoms with Crippen LogP contribution in [0.15, 0.2) is 34.2 Å². The summed E-state index contributed by atoms with van der Waals surface area (Å²) in [5.74, 6) is 0. The van der Waals surface area contributed by atoms with Crippen molar-refractivity contribution in [1.29, 1.82) is 0 Å². The van der Waals surface area contributed by atoms with Gasteiger partial charge in [0.15, 0.2) is 0 Å². The Bertz CT molecular complexity index is 628. The van der Waals surface area contributed by atoms with E-state index in [-0.39, 0.29) is 5.56 Å². The number of rotatable bonds is 4. The predicted octanol–water partition coefficient (Wildman–Crippen LogP) is 1.49. The smallest absolute Gasteiger partial charge is 0.267 e. The molecule has 0 atom stereocenters. The molecule has 17 heavy (non-hydrogen) atoms. The third kappa shape index (κ3) is 2.40. The molecule has 0 saturated heterocycles. The van der Waals surface area contributed by atoms with Crippen molar-refractivity contribution in [3.8, 4) is 0 Å². The molecule has 0 saturated carbocycles. The SMILES string of the molecule is [N-]=[N+]=NCCCn1nnc2ccccc2c1=O. The zero-order chi connectivity index (χ0) is 12.1. The van der Waals surface area contributed by atoms with Gasteiger partial charge in [-0.1, -0.05) is 22.5 Å². The van der Waals surface area contributed by atoms with Crippen molar-refractivity contribution in [2.75, 3.05) is 6.54 Å². The van der Waals surface area contributed by atoms with Crippen LogP contribution in [-0.4, -0.2) is 21.5 Å². The Balaban J connectivity index is 2.27. The third-order valence-electron chi connectivity index (χ3n) is 2.32. The lowest BCUT2D eigenvalue weighted by Crippen LogP contribution is -2.24. The van der Waals surface area contributed by atoms with Gasteiger partial charge in [0, 0.05) is 18.0 Å². The average molecular weight is 230 g/mol. The number of nitrogens with zero attached hydrogens (tertiary/aromatic N) is 6. The van der Waals surface area contributed by atoms with Crippen molar-refractivity contribution in [1.82, 2.24) is 15.0 Å². The fraction of sp³-hybridized carbons (Fsp3) is 0.300. The van der Waals surface area contributed by atoms with Crippen LogP contribution in [0, 0.1) is 0 Å². The zero-order valence-corrected chi connectivity index (χ0v) is 9.02. The number of aromatic nitrogens is 3. The summed E-state index contributed by atoms with van der Waals surface area (Å²) in [5, 5.41) is 11.7. The highest BCUT2D eigenvalue weighted by atomic mass is 16.1. The summed E-state index contributed by atoms with van der Waals surface area (Å²) in [6.45, 7) is 0.743. The molecule has 0 unspecified atom stereocenters. The van der Waals surface area contributed by atoms with Crippen LogP contribution >= 0.6 is 0 Å². The van der Waals surface area contributed by atoms with E-state index < -0.39 is 0 Å². The third-order valence-corrected chi connectivity index (χ3v) is 2.32. The van der Waals surface area contributed by atoms with E-state index in [2.05, 4.69) is 20.3 Å². The molecular weight excluding hydrogens is 220 g/mol. The molecule has 1 heterocycles. The van der Waals surface area contributed by atoms with Gasteiger partial charge >= 0.3 is 0 Å². The van der Waals surface area contributed by atoms with Crippen molar-refractivity contribution >= 4 is 10.9 Å². The maximum Gasteiger partial charge on any atom is 0.277 e. The minimum absolute atomic E-state index is 0.170. The lowest BCUT2D eigenvalue weighted by molar-refractivity contribution is 0.529. The maximum absolute atomic E-state index is 11.9. The normalized spacial score (nSPS) is 10.1. The van der Waals surface area contributed by atoms with Crippen LogP contribution in [0.1, 0.15) is 6.42 Å². The second-order valence-electron chi connectivity index (χ2n) is 3.44. The van der Waals surface area contributed by atoms with Crippen LogP contribution in [0.25, 0.3) is 21.3 Å². The van der Waals surface area contributed by atoms with Gasteiger partial charge < -0.3 is 0 Å². The van der Waals surface area contributed by atoms with E-state index in [1.807, 2.05) is 6.07 Å². The Morgan fingerprint density at radius 1 is 1.41 bits per heavy atom. The lowest BCUT2D eigenvalue weighted by Gasteiger charge is -2.02. The summed E-state index contributed by atoms with van der Waals surface area (Å²) < 4.78 is 1.29. The van der Waals surface area contributed by atoms with Crippen LogP contribution in [0.3, 0.4) is 0 Å². The fourth-order valence-electron chi connectivity index (χ4n) is 1.51. The van der Waals surface area contributed by atoms with Crippen LogP contribution in [0.2, 0.25) is 0 Å². The lowest BCUT2D eigenvalue weighted by atomic mass is 10.2. The zero-order valence-electron chi connectivity index (χ0n) is 9.02. The molecular formula is C10H10N6O. The Morgan fingerprint density at radius 3 is 3.06 bits per heavy atom. The molecule has 0 radical (unpaired) electrons. The molecule has 1 aromatic carbocycles. The molecule has 0 spiro atoms. The highest BCUT2D eigenvalue weighted by Gasteiger charge is 2.03. The standard InChI is InChI=1S/C10H10N6O/c11-14-12-6-3-7-16-10(17)8-4-1-2-5-9(8)13-15-16/h1-2,4-5H,3,6-7H2. The Kier molecular flexibility index (Phi) is 3.32. The molecule has 1 aromatic heterocycles. The summed E-state index contributed by atoms with van der Waals surface area (Å²) in [6, 6.07) is 7.06. The first kappa shape index (κ1) is 11.1. The van der Waals surface area contributed by atoms with Crippen LogP contribution < -0.4 is 5.56 Å². The maximum atomic E-state index is 11.9. The number of benzene rings is 1. The second-order valence-corrected chi connectivity index (χ2v) is 3.44. The summed E-state index contributed by atoms with van der Waals surface area (Å²) in [7, 11) is 0. The summed E-state index contributed by atoms with van der Waals surface area (Å²) in [4.78, 5) is 14.6. The second kappa shape index (κ2) is 5.09. The van der Waals surface area contributed by atoms with Crippen LogP contribution in [0.4, 0.5) is 0 Å². The van der Waals surface area contributed by atoms with Crippen LogP contribution in [0.5, 0.6) is 0 Å². The summed E-state index contributed by atoms with van der Waals surface area (Å²) in [6.07, 6.45) is 0.566. The van der Waals surface area contributed by atoms with Crippen molar-refractivity contribution < 1.29 is 0 Å². The number of azide groups is 1. The number of hydrogen-bond donors (Lipinski definition) is 0. The van der Waals surface area contributed by atoms with Gasteiger partial charge in [0.2, 0.25) is 0 Å². The monoisotopic (exact) mass is 230 g/mol. The fourth-order valence-corrected chi connectivity index (χ4v) is 1.51. The van der Waals surface area contributed by atoms with Crippen molar-refractivity contribution in [3.63, 3.8) is 0 Å². The van der Waals surface area contributed by atoms with E-state index in [4.69, 9.17) is 5.53 Å². The van der Waals surface area contributed by atoms with E-state index in [0.29, 0.717) is 30.4 Å². The molecule has 7 heteroatoms.